The third-order valence-electron chi connectivity index (χ3n) is 3.10. The average Bonchev–Trinajstić information content (AvgIpc) is 2.45. The lowest BCUT2D eigenvalue weighted by atomic mass is 10.1. The molecule has 1 rings (SSSR count). The molecule has 114 valence electrons. The van der Waals surface area contributed by atoms with Crippen LogP contribution in [-0.4, -0.2) is 32.1 Å². The monoisotopic (exact) mass is 282 g/mol. The summed E-state index contributed by atoms with van der Waals surface area (Å²) in [7, 11) is 0. The molecular weight excluding hydrogens is 256 g/mol. The minimum atomic E-state index is -0.271. The summed E-state index contributed by atoms with van der Waals surface area (Å²) in [5.41, 5.74) is 1.26. The van der Waals surface area contributed by atoms with Crippen LogP contribution in [0.25, 0.3) is 0 Å². The van der Waals surface area contributed by atoms with Crippen LogP contribution in [0.5, 0.6) is 0 Å². The van der Waals surface area contributed by atoms with Crippen LogP contribution >= 0.6 is 0 Å². The van der Waals surface area contributed by atoms with E-state index in [1.54, 1.807) is 6.92 Å². The molecule has 0 aromatic rings. The largest absolute Gasteiger partial charge is 0.463 e. The second-order valence-corrected chi connectivity index (χ2v) is 4.87. The van der Waals surface area contributed by atoms with E-state index in [0.717, 1.165) is 32.3 Å². The fraction of sp³-hybridized carbons (Fsp3) is 0.688. The number of hydrogen-bond acceptors (Lipinski definition) is 4. The maximum Gasteiger partial charge on any atom is 0.330 e. The quantitative estimate of drug-likeness (QED) is 0.389. The second-order valence-electron chi connectivity index (χ2n) is 4.87. The molecule has 0 saturated carbocycles. The molecule has 4 nitrogen and oxygen atoms in total. The summed E-state index contributed by atoms with van der Waals surface area (Å²) < 4.78 is 15.9. The minimum absolute atomic E-state index is 0.0310. The number of ether oxygens (including phenoxy) is 3. The number of allylic oxidation sites excluding steroid dienone is 2. The van der Waals surface area contributed by atoms with Gasteiger partial charge in [0.2, 0.25) is 0 Å². The standard InChI is InChI=1S/C16H26O4/c1-3-18-15(17)9-5-4-8-14(2)11-13-20-16-10-6-7-12-19-16/h5,9,11,16H,3-4,6-8,10,12-13H2,1-2H3/b9-5+,14-11+. The molecule has 0 bridgehead atoms. The van der Waals surface area contributed by atoms with Crippen LogP contribution < -0.4 is 0 Å². The van der Waals surface area contributed by atoms with Crippen molar-refractivity contribution in [2.75, 3.05) is 19.8 Å². The lowest BCUT2D eigenvalue weighted by Gasteiger charge is -2.22. The normalized spacial score (nSPS) is 20.3. The Kier molecular flexibility index (Phi) is 9.00. The fourth-order valence-electron chi connectivity index (χ4n) is 1.92. The Bertz CT molecular complexity index is 327. The molecule has 20 heavy (non-hydrogen) atoms. The molecule has 4 heteroatoms. The Labute approximate surface area is 121 Å². The summed E-state index contributed by atoms with van der Waals surface area (Å²) in [6.07, 6.45) is 10.5. The first kappa shape index (κ1) is 16.9. The zero-order valence-electron chi connectivity index (χ0n) is 12.6. The third kappa shape index (κ3) is 8.12. The average molecular weight is 282 g/mol. The van der Waals surface area contributed by atoms with E-state index in [2.05, 4.69) is 13.0 Å². The van der Waals surface area contributed by atoms with E-state index >= 15 is 0 Å². The molecule has 0 N–H and O–H groups in total. The maximum absolute atomic E-state index is 11.1. The smallest absolute Gasteiger partial charge is 0.330 e. The number of rotatable bonds is 8. The van der Waals surface area contributed by atoms with Crippen molar-refractivity contribution >= 4 is 5.97 Å². The van der Waals surface area contributed by atoms with Gasteiger partial charge in [-0.1, -0.05) is 17.7 Å². The molecular formula is C16H26O4. The molecule has 1 heterocycles. The summed E-state index contributed by atoms with van der Waals surface area (Å²) in [5, 5.41) is 0. The second kappa shape index (κ2) is 10.6. The van der Waals surface area contributed by atoms with E-state index in [9.17, 15) is 4.79 Å². The highest BCUT2D eigenvalue weighted by Crippen LogP contribution is 2.14. The molecule has 0 radical (unpaired) electrons. The van der Waals surface area contributed by atoms with Crippen LogP contribution in [0.4, 0.5) is 0 Å². The highest BCUT2D eigenvalue weighted by atomic mass is 16.7. The predicted molar refractivity (Wildman–Crippen MR) is 78.3 cm³/mol. The number of carbonyl (C=O) groups excluding carboxylic acids is 1. The lowest BCUT2D eigenvalue weighted by Crippen LogP contribution is -2.22. The lowest BCUT2D eigenvalue weighted by molar-refractivity contribution is -0.155. The van der Waals surface area contributed by atoms with E-state index in [0.29, 0.717) is 13.2 Å². The summed E-state index contributed by atoms with van der Waals surface area (Å²) in [4.78, 5) is 11.1. The number of esters is 1. The molecule has 1 aliphatic heterocycles. The van der Waals surface area contributed by atoms with Crippen molar-refractivity contribution in [3.63, 3.8) is 0 Å². The molecule has 1 unspecified atom stereocenters. The van der Waals surface area contributed by atoms with Crippen molar-refractivity contribution in [2.45, 2.75) is 52.2 Å². The SMILES string of the molecule is CCOC(=O)/C=C/CC/C(C)=C/COC1CCCCO1. The molecule has 1 fully saturated rings. The molecule has 0 aromatic heterocycles. The van der Waals surface area contributed by atoms with Gasteiger partial charge in [-0.3, -0.25) is 0 Å². The predicted octanol–water partition coefficient (Wildman–Crippen LogP) is 3.38. The van der Waals surface area contributed by atoms with Crippen molar-refractivity contribution in [3.8, 4) is 0 Å². The summed E-state index contributed by atoms with van der Waals surface area (Å²) in [5.74, 6) is -0.271. The van der Waals surface area contributed by atoms with Crippen LogP contribution in [0.3, 0.4) is 0 Å². The molecule has 1 aliphatic rings. The Hall–Kier alpha value is -1.13. The van der Waals surface area contributed by atoms with Gasteiger partial charge in [-0.25, -0.2) is 4.79 Å². The molecule has 0 aromatic carbocycles. The summed E-state index contributed by atoms with van der Waals surface area (Å²) in [6, 6.07) is 0. The van der Waals surface area contributed by atoms with Gasteiger partial charge >= 0.3 is 5.97 Å². The van der Waals surface area contributed by atoms with Gasteiger partial charge in [0.1, 0.15) is 0 Å². The van der Waals surface area contributed by atoms with Gasteiger partial charge in [0.05, 0.1) is 13.2 Å². The van der Waals surface area contributed by atoms with E-state index in [1.807, 2.05) is 6.08 Å². The van der Waals surface area contributed by atoms with Crippen molar-refractivity contribution < 1.29 is 19.0 Å². The topological polar surface area (TPSA) is 44.8 Å². The maximum atomic E-state index is 11.1. The molecule has 1 saturated heterocycles. The molecule has 1 atom stereocenters. The first-order valence-corrected chi connectivity index (χ1v) is 7.44. The van der Waals surface area contributed by atoms with Crippen molar-refractivity contribution in [1.29, 1.82) is 0 Å². The van der Waals surface area contributed by atoms with Gasteiger partial charge < -0.3 is 14.2 Å². The highest BCUT2D eigenvalue weighted by Gasteiger charge is 2.12. The first-order valence-electron chi connectivity index (χ1n) is 7.44. The third-order valence-corrected chi connectivity index (χ3v) is 3.10. The molecule has 0 spiro atoms. The fourth-order valence-corrected chi connectivity index (χ4v) is 1.92. The Morgan fingerprint density at radius 3 is 2.95 bits per heavy atom. The minimum Gasteiger partial charge on any atom is -0.463 e. The van der Waals surface area contributed by atoms with Gasteiger partial charge in [0.25, 0.3) is 0 Å². The van der Waals surface area contributed by atoms with Crippen LogP contribution in [-0.2, 0) is 19.0 Å². The van der Waals surface area contributed by atoms with Gasteiger partial charge in [-0.05, 0) is 46.0 Å². The van der Waals surface area contributed by atoms with Gasteiger partial charge in [-0.15, -0.1) is 0 Å². The van der Waals surface area contributed by atoms with Crippen molar-refractivity contribution in [3.05, 3.63) is 23.8 Å². The summed E-state index contributed by atoms with van der Waals surface area (Å²) >= 11 is 0. The zero-order chi connectivity index (χ0) is 14.6. The summed E-state index contributed by atoms with van der Waals surface area (Å²) in [6.45, 7) is 5.70. The molecule has 0 amide bonds. The Morgan fingerprint density at radius 1 is 1.40 bits per heavy atom. The Balaban J connectivity index is 2.10. The van der Waals surface area contributed by atoms with Crippen LogP contribution in [0.2, 0.25) is 0 Å². The van der Waals surface area contributed by atoms with Gasteiger partial charge in [-0.2, -0.15) is 0 Å². The molecule has 0 aliphatic carbocycles. The van der Waals surface area contributed by atoms with E-state index < -0.39 is 0 Å². The van der Waals surface area contributed by atoms with E-state index in [4.69, 9.17) is 14.2 Å². The van der Waals surface area contributed by atoms with Gasteiger partial charge in [0.15, 0.2) is 6.29 Å². The Morgan fingerprint density at radius 2 is 2.25 bits per heavy atom. The van der Waals surface area contributed by atoms with Crippen molar-refractivity contribution in [2.24, 2.45) is 0 Å². The van der Waals surface area contributed by atoms with Crippen LogP contribution in [0, 0.1) is 0 Å². The van der Waals surface area contributed by atoms with Crippen LogP contribution in [0.1, 0.15) is 46.0 Å². The first-order chi connectivity index (χ1) is 9.72. The van der Waals surface area contributed by atoms with Gasteiger partial charge in [0, 0.05) is 12.7 Å². The van der Waals surface area contributed by atoms with Crippen molar-refractivity contribution in [1.82, 2.24) is 0 Å². The van der Waals surface area contributed by atoms with E-state index in [-0.39, 0.29) is 12.3 Å². The zero-order valence-corrected chi connectivity index (χ0v) is 12.6. The highest BCUT2D eigenvalue weighted by molar-refractivity contribution is 5.81. The van der Waals surface area contributed by atoms with E-state index in [1.165, 1.54) is 18.1 Å². The number of carbonyl (C=O) groups is 1. The van der Waals surface area contributed by atoms with Crippen LogP contribution in [0.15, 0.2) is 23.8 Å². The number of hydrogen-bond donors (Lipinski definition) is 0.